The molecule has 0 radical (unpaired) electrons. The van der Waals surface area contributed by atoms with Crippen LogP contribution in [-0.2, 0) is 16.1 Å². The van der Waals surface area contributed by atoms with Crippen molar-refractivity contribution in [2.45, 2.75) is 70.7 Å². The van der Waals surface area contributed by atoms with Gasteiger partial charge in [0.25, 0.3) is 0 Å². The second kappa shape index (κ2) is 9.18. The van der Waals surface area contributed by atoms with Gasteiger partial charge in [-0.1, -0.05) is 36.4 Å². The van der Waals surface area contributed by atoms with Crippen molar-refractivity contribution in [3.8, 4) is 0 Å². The van der Waals surface area contributed by atoms with Crippen LogP contribution in [0.5, 0.6) is 0 Å². The van der Waals surface area contributed by atoms with E-state index in [1.54, 1.807) is 16.0 Å². The molecule has 2 aromatic rings. The van der Waals surface area contributed by atoms with Crippen molar-refractivity contribution in [3.05, 3.63) is 59.8 Å². The minimum absolute atomic E-state index is 0.0818. The van der Waals surface area contributed by atoms with Crippen molar-refractivity contribution in [1.82, 2.24) is 9.88 Å². The summed E-state index contributed by atoms with van der Waals surface area (Å²) < 4.78 is 11.3. The summed E-state index contributed by atoms with van der Waals surface area (Å²) >= 11 is 0. The van der Waals surface area contributed by atoms with E-state index in [9.17, 15) is 9.59 Å². The zero-order valence-electron chi connectivity index (χ0n) is 19.0. The average Bonchev–Trinajstić information content (AvgIpc) is 3.46. The Kier molecular flexibility index (Phi) is 6.35. The summed E-state index contributed by atoms with van der Waals surface area (Å²) in [6.45, 7) is 6.42. The number of anilines is 1. The first kappa shape index (κ1) is 22.1. The molecule has 1 atom stereocenters. The fourth-order valence-corrected chi connectivity index (χ4v) is 4.03. The van der Waals surface area contributed by atoms with Gasteiger partial charge in [0.2, 0.25) is 0 Å². The third kappa shape index (κ3) is 5.21. The summed E-state index contributed by atoms with van der Waals surface area (Å²) in [7, 11) is 0. The van der Waals surface area contributed by atoms with Gasteiger partial charge in [-0.15, -0.1) is 0 Å². The van der Waals surface area contributed by atoms with E-state index in [1.807, 2.05) is 63.2 Å². The molecule has 0 spiro atoms. The highest BCUT2D eigenvalue weighted by Gasteiger charge is 2.41. The van der Waals surface area contributed by atoms with Gasteiger partial charge in [-0.2, -0.15) is 0 Å². The summed E-state index contributed by atoms with van der Waals surface area (Å²) in [4.78, 5) is 34.0. The molecule has 7 heteroatoms. The number of likely N-dealkylation sites (tertiary alicyclic amines) is 1. The van der Waals surface area contributed by atoms with Crippen LogP contribution in [0.3, 0.4) is 0 Å². The van der Waals surface area contributed by atoms with Crippen LogP contribution in [-0.4, -0.2) is 40.3 Å². The molecule has 7 nitrogen and oxygen atoms in total. The standard InChI is InChI=1S/C25H31N3O4/c1-25(2,3)32-24(30)28(19-13-14-19)22-20(11-7-15-26-22)21-12-8-16-27(21)23(29)31-17-18-9-5-4-6-10-18/h4-7,9-11,15,19,21H,8,12-14,16-17H2,1-3H3. The van der Waals surface area contributed by atoms with Gasteiger partial charge in [0.05, 0.1) is 6.04 Å². The number of carbonyl (C=O) groups excluding carboxylic acids is 2. The molecule has 0 N–H and O–H groups in total. The molecule has 1 saturated heterocycles. The van der Waals surface area contributed by atoms with E-state index in [1.165, 1.54) is 0 Å². The summed E-state index contributed by atoms with van der Waals surface area (Å²) in [5.41, 5.74) is 1.21. The molecule has 2 amide bonds. The van der Waals surface area contributed by atoms with Crippen LogP contribution in [0.25, 0.3) is 0 Å². The van der Waals surface area contributed by atoms with Crippen LogP contribution in [0.1, 0.15) is 63.6 Å². The number of ether oxygens (including phenoxy) is 2. The van der Waals surface area contributed by atoms with Crippen LogP contribution in [0, 0.1) is 0 Å². The molecule has 170 valence electrons. The molecule has 1 aromatic carbocycles. The fourth-order valence-electron chi connectivity index (χ4n) is 4.03. The predicted octanol–water partition coefficient (Wildman–Crippen LogP) is 5.46. The Balaban J connectivity index is 1.55. The maximum absolute atomic E-state index is 13.0. The number of hydrogen-bond donors (Lipinski definition) is 0. The summed E-state index contributed by atoms with van der Waals surface area (Å²) in [5, 5.41) is 0. The van der Waals surface area contributed by atoms with Gasteiger partial charge >= 0.3 is 12.2 Å². The molecule has 2 fully saturated rings. The van der Waals surface area contributed by atoms with Crippen LogP contribution in [0.15, 0.2) is 48.7 Å². The summed E-state index contributed by atoms with van der Waals surface area (Å²) in [5.74, 6) is 0.581. The number of carbonyl (C=O) groups is 2. The number of aromatic nitrogens is 1. The lowest BCUT2D eigenvalue weighted by atomic mass is 10.0. The fraction of sp³-hybridized carbons (Fsp3) is 0.480. The summed E-state index contributed by atoms with van der Waals surface area (Å²) in [6, 6.07) is 13.3. The van der Waals surface area contributed by atoms with Crippen LogP contribution >= 0.6 is 0 Å². The molecule has 1 aliphatic heterocycles. The summed E-state index contributed by atoms with van der Waals surface area (Å²) in [6.07, 6.45) is 4.45. The van der Waals surface area contributed by atoms with E-state index in [0.717, 1.165) is 36.8 Å². The highest BCUT2D eigenvalue weighted by Crippen LogP contribution is 2.40. The van der Waals surface area contributed by atoms with E-state index < -0.39 is 11.7 Å². The molecule has 1 unspecified atom stereocenters. The van der Waals surface area contributed by atoms with Crippen molar-refractivity contribution >= 4 is 18.0 Å². The van der Waals surface area contributed by atoms with Crippen molar-refractivity contribution in [2.75, 3.05) is 11.4 Å². The molecule has 1 aliphatic carbocycles. The van der Waals surface area contributed by atoms with Crippen molar-refractivity contribution < 1.29 is 19.1 Å². The topological polar surface area (TPSA) is 72.0 Å². The van der Waals surface area contributed by atoms with Gasteiger partial charge in [-0.05, 0) is 58.1 Å². The first-order chi connectivity index (χ1) is 15.3. The first-order valence-electron chi connectivity index (χ1n) is 11.3. The second-order valence-corrected chi connectivity index (χ2v) is 9.39. The zero-order valence-corrected chi connectivity index (χ0v) is 19.0. The van der Waals surface area contributed by atoms with Crippen molar-refractivity contribution in [3.63, 3.8) is 0 Å². The van der Waals surface area contributed by atoms with Crippen LogP contribution < -0.4 is 4.90 Å². The molecule has 0 bridgehead atoms. The lowest BCUT2D eigenvalue weighted by molar-refractivity contribution is 0.0576. The number of benzene rings is 1. The van der Waals surface area contributed by atoms with E-state index in [-0.39, 0.29) is 24.8 Å². The number of nitrogens with zero attached hydrogens (tertiary/aromatic N) is 3. The minimum Gasteiger partial charge on any atom is -0.445 e. The van der Waals surface area contributed by atoms with E-state index in [2.05, 4.69) is 4.98 Å². The maximum Gasteiger partial charge on any atom is 0.416 e. The highest BCUT2D eigenvalue weighted by atomic mass is 16.6. The van der Waals surface area contributed by atoms with E-state index >= 15 is 0 Å². The molecule has 4 rings (SSSR count). The lowest BCUT2D eigenvalue weighted by Gasteiger charge is -2.31. The Bertz CT molecular complexity index is 953. The van der Waals surface area contributed by atoms with E-state index in [4.69, 9.17) is 9.47 Å². The maximum atomic E-state index is 13.0. The van der Waals surface area contributed by atoms with Crippen LogP contribution in [0.2, 0.25) is 0 Å². The Morgan fingerprint density at radius 1 is 1.09 bits per heavy atom. The Morgan fingerprint density at radius 3 is 2.53 bits per heavy atom. The SMILES string of the molecule is CC(C)(C)OC(=O)N(c1ncccc1C1CCCN1C(=O)OCc1ccccc1)C1CC1. The third-order valence-electron chi connectivity index (χ3n) is 5.60. The molecule has 2 aliphatic rings. The number of amides is 2. The van der Waals surface area contributed by atoms with Gasteiger partial charge in [-0.25, -0.2) is 14.6 Å². The van der Waals surface area contributed by atoms with Gasteiger partial charge < -0.3 is 14.4 Å². The smallest absolute Gasteiger partial charge is 0.416 e. The van der Waals surface area contributed by atoms with Gasteiger partial charge in [0, 0.05) is 24.3 Å². The molecular formula is C25H31N3O4. The third-order valence-corrected chi connectivity index (χ3v) is 5.60. The highest BCUT2D eigenvalue weighted by molar-refractivity contribution is 5.89. The van der Waals surface area contributed by atoms with Gasteiger partial charge in [-0.3, -0.25) is 4.90 Å². The molecule has 32 heavy (non-hydrogen) atoms. The van der Waals surface area contributed by atoms with Crippen molar-refractivity contribution in [2.24, 2.45) is 0 Å². The Hall–Kier alpha value is -3.09. The predicted molar refractivity (Wildman–Crippen MR) is 121 cm³/mol. The van der Waals surface area contributed by atoms with Crippen molar-refractivity contribution in [1.29, 1.82) is 0 Å². The van der Waals surface area contributed by atoms with Crippen LogP contribution in [0.4, 0.5) is 15.4 Å². The first-order valence-corrected chi connectivity index (χ1v) is 11.3. The minimum atomic E-state index is -0.597. The Morgan fingerprint density at radius 2 is 1.84 bits per heavy atom. The number of rotatable bonds is 5. The second-order valence-electron chi connectivity index (χ2n) is 9.39. The van der Waals surface area contributed by atoms with Gasteiger partial charge in [0.15, 0.2) is 0 Å². The van der Waals surface area contributed by atoms with E-state index in [0.29, 0.717) is 12.4 Å². The zero-order chi connectivity index (χ0) is 22.7. The quantitative estimate of drug-likeness (QED) is 0.621. The van der Waals surface area contributed by atoms with Gasteiger partial charge in [0.1, 0.15) is 18.0 Å². The number of hydrogen-bond acceptors (Lipinski definition) is 5. The molecule has 1 aromatic heterocycles. The lowest BCUT2D eigenvalue weighted by Crippen LogP contribution is -2.40. The normalized spacial score (nSPS) is 18.3. The largest absolute Gasteiger partial charge is 0.445 e. The molecule has 1 saturated carbocycles. The molecule has 2 heterocycles. The number of pyridine rings is 1. The Labute approximate surface area is 189 Å². The monoisotopic (exact) mass is 437 g/mol. The average molecular weight is 438 g/mol. The molecular weight excluding hydrogens is 406 g/mol.